The van der Waals surface area contributed by atoms with Crippen molar-refractivity contribution < 1.29 is 47.4 Å². The highest BCUT2D eigenvalue weighted by Crippen LogP contribution is 2.58. The third-order valence-corrected chi connectivity index (χ3v) is 9.35. The molecule has 4 rings (SSSR count). The Balaban J connectivity index is 1.32. The quantitative estimate of drug-likeness (QED) is 0.166. The van der Waals surface area contributed by atoms with E-state index < -0.39 is 55.2 Å². The van der Waals surface area contributed by atoms with E-state index >= 15 is 0 Å². The molecule has 0 aliphatic carbocycles. The molecule has 41 heavy (non-hydrogen) atoms. The van der Waals surface area contributed by atoms with Crippen LogP contribution < -0.4 is 11.5 Å². The lowest BCUT2D eigenvalue weighted by atomic mass is 9.96. The number of imidazole rings is 1. The zero-order valence-corrected chi connectivity index (χ0v) is 25.0. The first-order valence-electron chi connectivity index (χ1n) is 12.8. The molecule has 0 bridgehead atoms. The van der Waals surface area contributed by atoms with E-state index in [0.717, 1.165) is 11.8 Å². The first-order chi connectivity index (χ1) is 19.1. The van der Waals surface area contributed by atoms with Crippen LogP contribution in [0.15, 0.2) is 6.33 Å². The molecule has 6 atom stereocenters. The molecule has 0 unspecified atom stereocenters. The van der Waals surface area contributed by atoms with Crippen LogP contribution in [0.3, 0.4) is 0 Å². The van der Waals surface area contributed by atoms with E-state index in [4.69, 9.17) is 34.5 Å². The smallest absolute Gasteiger partial charge is 0.475 e. The standard InChI is InChI=1S/C23H35N6O10PS/c1-11(2)13(24)18(31)35-9-22(3,4)20(32)41-7-6-36-40(34)37-8-12-15(39-40)23(5,33)19(38-12)29-10-26-14-16(29)27-21(25)28-17(14)30/h10-13,15,19,33H,6-9,24H2,1-5H3,(H3,25,27,28,30)/t12-,13+,15-,19-,23-,40-/m1/s1. The third kappa shape index (κ3) is 6.51. The van der Waals surface area contributed by atoms with Crippen molar-refractivity contribution in [2.75, 3.05) is 31.3 Å². The molecular formula is C23H35N6O10PS. The number of rotatable bonds is 10. The minimum Gasteiger partial charge on any atom is -0.492 e. The Hall–Kier alpha value is -2.37. The Morgan fingerprint density at radius 3 is 2.76 bits per heavy atom. The normalized spacial score (nSPS) is 29.0. The number of aromatic hydroxyl groups is 1. The fraction of sp³-hybridized carbons (Fsp3) is 0.696. The molecule has 2 aromatic rings. The van der Waals surface area contributed by atoms with Crippen molar-refractivity contribution >= 4 is 47.8 Å². The van der Waals surface area contributed by atoms with Crippen molar-refractivity contribution in [3.8, 4) is 5.88 Å². The first-order valence-corrected chi connectivity index (χ1v) is 15.2. The molecule has 6 N–H and O–H groups in total. The highest BCUT2D eigenvalue weighted by atomic mass is 32.2. The number of phosphoric acid groups is 1. The van der Waals surface area contributed by atoms with Gasteiger partial charge in [-0.25, -0.2) is 9.55 Å². The van der Waals surface area contributed by atoms with Gasteiger partial charge in [0.2, 0.25) is 11.8 Å². The van der Waals surface area contributed by atoms with Crippen LogP contribution in [0.2, 0.25) is 0 Å². The van der Waals surface area contributed by atoms with Gasteiger partial charge in [-0.3, -0.25) is 27.7 Å². The molecule has 16 nitrogen and oxygen atoms in total. The van der Waals surface area contributed by atoms with Gasteiger partial charge in [0.15, 0.2) is 22.5 Å². The molecule has 0 amide bonds. The molecule has 2 fully saturated rings. The van der Waals surface area contributed by atoms with Crippen LogP contribution in [0.4, 0.5) is 5.95 Å². The number of hydrogen-bond donors (Lipinski definition) is 4. The van der Waals surface area contributed by atoms with Crippen LogP contribution in [0.25, 0.3) is 11.2 Å². The summed E-state index contributed by atoms with van der Waals surface area (Å²) in [5.41, 5.74) is 8.83. The summed E-state index contributed by atoms with van der Waals surface area (Å²) in [4.78, 5) is 36.5. The lowest BCUT2D eigenvalue weighted by Crippen LogP contribution is -2.47. The number of fused-ring (bicyclic) bond motifs is 2. The van der Waals surface area contributed by atoms with Crippen molar-refractivity contribution in [1.29, 1.82) is 0 Å². The van der Waals surface area contributed by atoms with E-state index in [9.17, 15) is 24.4 Å². The van der Waals surface area contributed by atoms with E-state index in [1.807, 2.05) is 0 Å². The fourth-order valence-electron chi connectivity index (χ4n) is 4.19. The monoisotopic (exact) mass is 618 g/mol. The summed E-state index contributed by atoms with van der Waals surface area (Å²) in [6, 6.07) is -0.781. The van der Waals surface area contributed by atoms with Crippen LogP contribution >= 0.6 is 19.6 Å². The van der Waals surface area contributed by atoms with E-state index in [1.54, 1.807) is 27.7 Å². The Labute approximate surface area is 240 Å². The lowest BCUT2D eigenvalue weighted by Gasteiger charge is -2.35. The number of nitrogens with zero attached hydrogens (tertiary/aromatic N) is 4. The van der Waals surface area contributed by atoms with Gasteiger partial charge in [-0.15, -0.1) is 0 Å². The van der Waals surface area contributed by atoms with E-state index in [-0.39, 0.29) is 53.7 Å². The SMILES string of the molecule is CC(C)[C@H](N)C(=O)OCC(C)(C)C(=O)SCCO[P@]1(=O)OC[C@H]2O[C@@H](n3cnc4c(O)nc(N)nc43)[C@](C)(O)[C@@H]2O1. The van der Waals surface area contributed by atoms with Gasteiger partial charge >= 0.3 is 13.8 Å². The molecule has 2 saturated heterocycles. The van der Waals surface area contributed by atoms with Crippen LogP contribution in [0, 0.1) is 11.3 Å². The predicted molar refractivity (Wildman–Crippen MR) is 145 cm³/mol. The molecule has 228 valence electrons. The molecule has 2 aliphatic heterocycles. The van der Waals surface area contributed by atoms with Crippen molar-refractivity contribution in [3.05, 3.63) is 6.33 Å². The van der Waals surface area contributed by atoms with Gasteiger partial charge in [-0.2, -0.15) is 9.97 Å². The molecular weight excluding hydrogens is 583 g/mol. The number of anilines is 1. The van der Waals surface area contributed by atoms with Gasteiger partial charge < -0.3 is 31.2 Å². The number of phosphoric ester groups is 1. The Morgan fingerprint density at radius 2 is 2.07 bits per heavy atom. The average molecular weight is 619 g/mol. The van der Waals surface area contributed by atoms with Crippen molar-refractivity contribution in [1.82, 2.24) is 19.5 Å². The van der Waals surface area contributed by atoms with Gasteiger partial charge in [0.25, 0.3) is 0 Å². The molecule has 18 heteroatoms. The maximum absolute atomic E-state index is 13.2. The molecule has 0 aromatic carbocycles. The number of aliphatic hydroxyl groups is 1. The van der Waals surface area contributed by atoms with E-state index in [1.165, 1.54) is 17.8 Å². The van der Waals surface area contributed by atoms with Gasteiger partial charge in [0.05, 0.1) is 25.0 Å². The maximum atomic E-state index is 13.2. The van der Waals surface area contributed by atoms with Gasteiger partial charge in [0, 0.05) is 5.75 Å². The molecule has 0 saturated carbocycles. The number of carbonyl (C=O) groups is 2. The van der Waals surface area contributed by atoms with Crippen molar-refractivity contribution in [3.63, 3.8) is 0 Å². The minimum absolute atomic E-state index is 0.0483. The van der Waals surface area contributed by atoms with Gasteiger partial charge in [-0.1, -0.05) is 25.6 Å². The van der Waals surface area contributed by atoms with Crippen molar-refractivity contribution in [2.45, 2.75) is 64.7 Å². The predicted octanol–water partition coefficient (Wildman–Crippen LogP) is 1.12. The Kier molecular flexibility index (Phi) is 9.02. The summed E-state index contributed by atoms with van der Waals surface area (Å²) >= 11 is 0.913. The largest absolute Gasteiger partial charge is 0.492 e. The number of aromatic nitrogens is 4. The topological polar surface area (TPSA) is 233 Å². The fourth-order valence-corrected chi connectivity index (χ4v) is 6.58. The van der Waals surface area contributed by atoms with E-state index in [0.29, 0.717) is 0 Å². The second-order valence-electron chi connectivity index (χ2n) is 11.0. The van der Waals surface area contributed by atoms with Crippen LogP contribution in [0.1, 0.15) is 40.8 Å². The van der Waals surface area contributed by atoms with Crippen LogP contribution in [-0.4, -0.2) is 90.2 Å². The molecule has 4 heterocycles. The van der Waals surface area contributed by atoms with Crippen molar-refractivity contribution in [2.24, 2.45) is 17.1 Å². The van der Waals surface area contributed by atoms with Gasteiger partial charge in [0.1, 0.15) is 30.5 Å². The number of esters is 1. The second kappa shape index (κ2) is 11.7. The first kappa shape index (κ1) is 31.6. The number of nitrogen functional groups attached to an aromatic ring is 1. The molecule has 0 radical (unpaired) electrons. The summed E-state index contributed by atoms with van der Waals surface area (Å²) in [5, 5.41) is 21.1. The third-order valence-electron chi connectivity index (χ3n) is 6.71. The highest BCUT2D eigenvalue weighted by molar-refractivity contribution is 8.13. The Bertz CT molecular complexity index is 1350. The number of ether oxygens (including phenoxy) is 2. The molecule has 0 spiro atoms. The summed E-state index contributed by atoms with van der Waals surface area (Å²) in [5.74, 6) is -1.22. The van der Waals surface area contributed by atoms with Crippen LogP contribution in [0.5, 0.6) is 5.88 Å². The zero-order chi connectivity index (χ0) is 30.3. The second-order valence-corrected chi connectivity index (χ2v) is 13.7. The minimum atomic E-state index is -4.14. The lowest BCUT2D eigenvalue weighted by molar-refractivity contribution is -0.150. The van der Waals surface area contributed by atoms with Gasteiger partial charge in [-0.05, 0) is 26.7 Å². The highest BCUT2D eigenvalue weighted by Gasteiger charge is 2.60. The number of carbonyl (C=O) groups excluding carboxylic acids is 2. The summed E-state index contributed by atoms with van der Waals surface area (Å²) in [6.45, 7) is 7.75. The van der Waals surface area contributed by atoms with Crippen LogP contribution in [-0.2, 0) is 37.2 Å². The number of hydrogen-bond acceptors (Lipinski definition) is 16. The maximum Gasteiger partial charge on any atom is 0.475 e. The summed E-state index contributed by atoms with van der Waals surface area (Å²) in [6.07, 6.45) is -1.78. The number of thioether (sulfide) groups is 1. The number of nitrogens with two attached hydrogens (primary N) is 2. The Morgan fingerprint density at radius 1 is 1.37 bits per heavy atom. The summed E-state index contributed by atoms with van der Waals surface area (Å²) in [7, 11) is -4.14. The molecule has 2 aliphatic rings. The summed E-state index contributed by atoms with van der Waals surface area (Å²) < 4.78 is 42.1. The van der Waals surface area contributed by atoms with E-state index in [2.05, 4.69) is 15.0 Å². The molecule has 2 aromatic heterocycles. The zero-order valence-electron chi connectivity index (χ0n) is 23.3. The average Bonchev–Trinajstić information content (AvgIpc) is 3.42.